The highest BCUT2D eigenvalue weighted by Gasteiger charge is 2.18. The van der Waals surface area contributed by atoms with Crippen molar-refractivity contribution in [2.75, 3.05) is 11.1 Å². The number of pyridine rings is 1. The molecule has 0 spiro atoms. The van der Waals surface area contributed by atoms with E-state index in [2.05, 4.69) is 10.3 Å². The number of nitrogens with zero attached hydrogens (tertiary/aromatic N) is 3. The number of fused-ring (bicyclic) bond motifs is 3. The van der Waals surface area contributed by atoms with Gasteiger partial charge in [-0.2, -0.15) is 0 Å². The maximum absolute atomic E-state index is 13.2. The normalized spacial score (nSPS) is 11.5. The SMILES string of the molecule is CC(C)Cn1c(SCC(=O)Nc2ccc(Cl)cc2)nc2c(sc3ncccc32)c1=O. The predicted molar refractivity (Wildman–Crippen MR) is 125 cm³/mol. The Kier molecular flexibility index (Phi) is 6.08. The molecule has 0 atom stereocenters. The molecule has 0 unspecified atom stereocenters. The molecule has 1 aromatic carbocycles. The van der Waals surface area contributed by atoms with Crippen LogP contribution >= 0.6 is 34.7 Å². The third kappa shape index (κ3) is 4.35. The largest absolute Gasteiger partial charge is 0.325 e. The molecule has 0 bridgehead atoms. The first-order valence-electron chi connectivity index (χ1n) is 9.38. The fraction of sp³-hybridized carbons (Fsp3) is 0.238. The van der Waals surface area contributed by atoms with Gasteiger partial charge < -0.3 is 5.32 Å². The molecular weight excluding hydrogens is 440 g/mol. The van der Waals surface area contributed by atoms with Crippen LogP contribution in [0.25, 0.3) is 20.4 Å². The lowest BCUT2D eigenvalue weighted by molar-refractivity contribution is -0.113. The number of nitrogens with one attached hydrogen (secondary N) is 1. The summed E-state index contributed by atoms with van der Waals surface area (Å²) in [6.07, 6.45) is 1.71. The Morgan fingerprint density at radius 2 is 2.03 bits per heavy atom. The summed E-state index contributed by atoms with van der Waals surface area (Å²) < 4.78 is 2.27. The second-order valence-corrected chi connectivity index (χ2v) is 9.56. The third-order valence-electron chi connectivity index (χ3n) is 4.33. The van der Waals surface area contributed by atoms with Gasteiger partial charge in [-0.1, -0.05) is 37.2 Å². The molecule has 0 aliphatic carbocycles. The number of carbonyl (C=O) groups excluding carboxylic acids is 1. The summed E-state index contributed by atoms with van der Waals surface area (Å²) in [5.41, 5.74) is 1.23. The van der Waals surface area contributed by atoms with E-state index in [9.17, 15) is 9.59 Å². The van der Waals surface area contributed by atoms with Crippen molar-refractivity contribution in [2.45, 2.75) is 25.5 Å². The van der Waals surface area contributed by atoms with Crippen molar-refractivity contribution in [1.29, 1.82) is 0 Å². The first-order valence-corrected chi connectivity index (χ1v) is 11.6. The highest BCUT2D eigenvalue weighted by Crippen LogP contribution is 2.30. The van der Waals surface area contributed by atoms with Crippen LogP contribution in [-0.4, -0.2) is 26.2 Å². The molecule has 6 nitrogen and oxygen atoms in total. The Balaban J connectivity index is 1.65. The van der Waals surface area contributed by atoms with Gasteiger partial charge in [0.15, 0.2) is 5.16 Å². The van der Waals surface area contributed by atoms with Crippen LogP contribution in [0.3, 0.4) is 0 Å². The number of halogens is 1. The zero-order valence-electron chi connectivity index (χ0n) is 16.4. The predicted octanol–water partition coefficient (Wildman–Crippen LogP) is 5.05. The van der Waals surface area contributed by atoms with E-state index in [1.165, 1.54) is 23.1 Å². The lowest BCUT2D eigenvalue weighted by Crippen LogP contribution is -2.25. The maximum Gasteiger partial charge on any atom is 0.272 e. The van der Waals surface area contributed by atoms with Gasteiger partial charge in [0.25, 0.3) is 5.56 Å². The number of carbonyl (C=O) groups is 1. The van der Waals surface area contributed by atoms with E-state index in [1.807, 2.05) is 26.0 Å². The standard InChI is InChI=1S/C21H19ClN4O2S2/c1-12(2)10-26-20(28)18-17(15-4-3-9-23-19(15)30-18)25-21(26)29-11-16(27)24-14-7-5-13(22)6-8-14/h3-9,12H,10-11H2,1-2H3,(H,24,27). The summed E-state index contributed by atoms with van der Waals surface area (Å²) in [7, 11) is 0. The third-order valence-corrected chi connectivity index (χ3v) is 6.65. The molecule has 4 aromatic rings. The second-order valence-electron chi connectivity index (χ2n) is 7.18. The van der Waals surface area contributed by atoms with Crippen molar-refractivity contribution in [3.8, 4) is 0 Å². The topological polar surface area (TPSA) is 76.9 Å². The Hall–Kier alpha value is -2.42. The minimum absolute atomic E-state index is 0.0858. The molecular formula is C21H19ClN4O2S2. The van der Waals surface area contributed by atoms with Crippen LogP contribution in [-0.2, 0) is 11.3 Å². The first kappa shape index (κ1) is 20.8. The van der Waals surface area contributed by atoms with Crippen molar-refractivity contribution >= 4 is 66.7 Å². The number of thiophene rings is 1. The van der Waals surface area contributed by atoms with Crippen LogP contribution in [0, 0.1) is 5.92 Å². The van der Waals surface area contributed by atoms with E-state index < -0.39 is 0 Å². The molecule has 30 heavy (non-hydrogen) atoms. The van der Waals surface area contributed by atoms with Crippen molar-refractivity contribution in [3.05, 3.63) is 58.0 Å². The Labute approximate surface area is 186 Å². The van der Waals surface area contributed by atoms with Gasteiger partial charge in [-0.15, -0.1) is 11.3 Å². The zero-order chi connectivity index (χ0) is 21.3. The summed E-state index contributed by atoms with van der Waals surface area (Å²) in [5, 5.41) is 4.84. The molecule has 1 N–H and O–H groups in total. The Morgan fingerprint density at radius 1 is 1.27 bits per heavy atom. The molecule has 0 saturated carbocycles. The van der Waals surface area contributed by atoms with Crippen LogP contribution in [0.1, 0.15) is 13.8 Å². The van der Waals surface area contributed by atoms with E-state index in [0.29, 0.717) is 32.6 Å². The molecule has 0 fully saturated rings. The molecule has 9 heteroatoms. The maximum atomic E-state index is 13.2. The average molecular weight is 459 g/mol. The summed E-state index contributed by atoms with van der Waals surface area (Å²) in [5.74, 6) is 0.222. The summed E-state index contributed by atoms with van der Waals surface area (Å²) >= 11 is 8.50. The van der Waals surface area contributed by atoms with Crippen molar-refractivity contribution < 1.29 is 4.79 Å². The number of hydrogen-bond acceptors (Lipinski definition) is 6. The van der Waals surface area contributed by atoms with Gasteiger partial charge in [0.05, 0.1) is 11.3 Å². The number of benzene rings is 1. The van der Waals surface area contributed by atoms with Gasteiger partial charge >= 0.3 is 0 Å². The molecule has 154 valence electrons. The summed E-state index contributed by atoms with van der Waals surface area (Å²) in [6, 6.07) is 10.7. The number of hydrogen-bond donors (Lipinski definition) is 1. The minimum atomic E-state index is -0.176. The highest BCUT2D eigenvalue weighted by molar-refractivity contribution is 7.99. The minimum Gasteiger partial charge on any atom is -0.325 e. The second kappa shape index (κ2) is 8.75. The van der Waals surface area contributed by atoms with Gasteiger partial charge in [0.2, 0.25) is 5.91 Å². The van der Waals surface area contributed by atoms with Gasteiger partial charge in [0.1, 0.15) is 9.53 Å². The van der Waals surface area contributed by atoms with E-state index >= 15 is 0 Å². The lowest BCUT2D eigenvalue weighted by atomic mass is 10.2. The molecule has 0 radical (unpaired) electrons. The van der Waals surface area contributed by atoms with Crippen molar-refractivity contribution in [1.82, 2.24) is 14.5 Å². The molecule has 3 aromatic heterocycles. The van der Waals surface area contributed by atoms with Gasteiger partial charge in [-0.25, -0.2) is 9.97 Å². The van der Waals surface area contributed by atoms with Crippen LogP contribution in [0.4, 0.5) is 5.69 Å². The summed E-state index contributed by atoms with van der Waals surface area (Å²) in [6.45, 7) is 4.63. The van der Waals surface area contributed by atoms with Crippen LogP contribution < -0.4 is 10.9 Å². The van der Waals surface area contributed by atoms with E-state index in [0.717, 1.165) is 10.2 Å². The molecule has 0 saturated heterocycles. The van der Waals surface area contributed by atoms with Gasteiger partial charge in [0, 0.05) is 28.8 Å². The smallest absolute Gasteiger partial charge is 0.272 e. The van der Waals surface area contributed by atoms with E-state index in [-0.39, 0.29) is 23.1 Å². The number of aromatic nitrogens is 3. The average Bonchev–Trinajstić information content (AvgIpc) is 3.09. The van der Waals surface area contributed by atoms with Gasteiger partial charge in [-0.05, 0) is 42.3 Å². The fourth-order valence-electron chi connectivity index (χ4n) is 3.04. The van der Waals surface area contributed by atoms with Crippen LogP contribution in [0.15, 0.2) is 52.5 Å². The van der Waals surface area contributed by atoms with Gasteiger partial charge in [-0.3, -0.25) is 14.2 Å². The lowest BCUT2D eigenvalue weighted by Gasteiger charge is -2.14. The monoisotopic (exact) mass is 458 g/mol. The first-order chi connectivity index (χ1) is 14.4. The molecule has 4 rings (SSSR count). The number of rotatable bonds is 6. The highest BCUT2D eigenvalue weighted by atomic mass is 35.5. The van der Waals surface area contributed by atoms with E-state index in [4.69, 9.17) is 16.6 Å². The molecule has 3 heterocycles. The fourth-order valence-corrected chi connectivity index (χ4v) is 5.00. The Morgan fingerprint density at radius 3 is 2.77 bits per heavy atom. The summed E-state index contributed by atoms with van der Waals surface area (Å²) in [4.78, 5) is 35.5. The van der Waals surface area contributed by atoms with E-state index in [1.54, 1.807) is 35.0 Å². The van der Waals surface area contributed by atoms with Crippen LogP contribution in [0.5, 0.6) is 0 Å². The van der Waals surface area contributed by atoms with Crippen molar-refractivity contribution in [2.24, 2.45) is 5.92 Å². The molecule has 1 amide bonds. The Bertz CT molecular complexity index is 1280. The van der Waals surface area contributed by atoms with Crippen LogP contribution in [0.2, 0.25) is 5.02 Å². The number of amides is 1. The quantitative estimate of drug-likeness (QED) is 0.323. The molecule has 0 aliphatic heterocycles. The number of thioether (sulfide) groups is 1. The van der Waals surface area contributed by atoms with Crippen molar-refractivity contribution in [3.63, 3.8) is 0 Å². The molecule has 0 aliphatic rings. The zero-order valence-corrected chi connectivity index (χ0v) is 18.8. The number of anilines is 1.